The number of rotatable bonds is 7. The molecule has 2 amide bonds. The number of hydrogen-bond donors (Lipinski definition) is 1. The summed E-state index contributed by atoms with van der Waals surface area (Å²) < 4.78 is 7.34. The Morgan fingerprint density at radius 1 is 1.28 bits per heavy atom. The molecule has 0 radical (unpaired) electrons. The van der Waals surface area contributed by atoms with Gasteiger partial charge in [0.1, 0.15) is 10.8 Å². The molecule has 0 aliphatic carbocycles. The smallest absolute Gasteiger partial charge is 0.227 e. The Labute approximate surface area is 179 Å². The van der Waals surface area contributed by atoms with Gasteiger partial charge in [-0.3, -0.25) is 14.3 Å². The topological polar surface area (TPSA) is 76.5 Å². The number of ether oxygens (including phenoxy) is 1. The number of aromatic nitrogens is 2. The van der Waals surface area contributed by atoms with Crippen LogP contribution in [0.1, 0.15) is 26.2 Å². The number of benzene rings is 1. The number of carbonyl (C=O) groups is 2. The molecule has 29 heavy (non-hydrogen) atoms. The summed E-state index contributed by atoms with van der Waals surface area (Å²) in [6.07, 6.45) is 4.98. The summed E-state index contributed by atoms with van der Waals surface area (Å²) in [7, 11) is 0. The van der Waals surface area contributed by atoms with Crippen LogP contribution < -0.4 is 10.1 Å². The number of likely N-dealkylation sites (tertiary alicyclic amines) is 1. The van der Waals surface area contributed by atoms with Gasteiger partial charge >= 0.3 is 0 Å². The minimum atomic E-state index is -0.106. The van der Waals surface area contributed by atoms with Crippen molar-refractivity contribution in [3.8, 4) is 5.75 Å². The lowest BCUT2D eigenvalue weighted by Gasteiger charge is -2.31. The number of hydrogen-bond acceptors (Lipinski definition) is 4. The first-order valence-electron chi connectivity index (χ1n) is 9.65. The zero-order valence-electron chi connectivity index (χ0n) is 16.2. The van der Waals surface area contributed by atoms with E-state index in [1.165, 1.54) is 0 Å². The van der Waals surface area contributed by atoms with Crippen molar-refractivity contribution in [3.05, 3.63) is 40.6 Å². The molecule has 1 N–H and O–H groups in total. The van der Waals surface area contributed by atoms with E-state index >= 15 is 0 Å². The zero-order valence-corrected chi connectivity index (χ0v) is 17.7. The molecule has 0 saturated carbocycles. The van der Waals surface area contributed by atoms with Crippen molar-refractivity contribution in [3.63, 3.8) is 0 Å². The molecule has 1 aromatic carbocycles. The van der Waals surface area contributed by atoms with Crippen molar-refractivity contribution in [1.29, 1.82) is 0 Å². The molecule has 1 aliphatic rings. The fourth-order valence-electron chi connectivity index (χ4n) is 3.24. The normalized spacial score (nSPS) is 14.7. The van der Waals surface area contributed by atoms with Crippen molar-refractivity contribution in [2.45, 2.75) is 32.7 Å². The van der Waals surface area contributed by atoms with Gasteiger partial charge in [0.05, 0.1) is 29.9 Å². The summed E-state index contributed by atoms with van der Waals surface area (Å²) in [5.74, 6) is 0.345. The molecule has 0 unspecified atom stereocenters. The second-order valence-electron chi connectivity index (χ2n) is 6.88. The first-order chi connectivity index (χ1) is 14.0. The Bertz CT molecular complexity index is 863. The number of piperidine rings is 1. The maximum Gasteiger partial charge on any atom is 0.227 e. The highest BCUT2D eigenvalue weighted by Gasteiger charge is 2.27. The summed E-state index contributed by atoms with van der Waals surface area (Å²) in [5, 5.41) is 7.81. The van der Waals surface area contributed by atoms with Crippen molar-refractivity contribution >= 4 is 40.7 Å². The molecular weight excluding hydrogens is 415 g/mol. The van der Waals surface area contributed by atoms with Crippen LogP contribution in [0.15, 0.2) is 30.6 Å². The van der Waals surface area contributed by atoms with Gasteiger partial charge in [0.15, 0.2) is 0 Å². The molecular formula is C20H24Cl2N4O3. The standard InChI is InChI=1S/C20H24Cl2N4O3/c1-2-26-13-15(12-23-26)24-20(28)14-6-9-25(10-7-14)18(27)8-11-29-17-5-3-4-16(21)19(17)22/h3-5,12-14H,2,6-11H2,1H3,(H,24,28). The van der Waals surface area contributed by atoms with Gasteiger partial charge in [0, 0.05) is 31.7 Å². The monoisotopic (exact) mass is 438 g/mol. The van der Waals surface area contributed by atoms with E-state index in [1.54, 1.807) is 34.0 Å². The average molecular weight is 439 g/mol. The molecule has 1 saturated heterocycles. The maximum absolute atomic E-state index is 12.4. The van der Waals surface area contributed by atoms with Gasteiger partial charge in [-0.05, 0) is 31.9 Å². The largest absolute Gasteiger partial charge is 0.491 e. The number of halogens is 2. The van der Waals surface area contributed by atoms with Gasteiger partial charge in [-0.2, -0.15) is 5.10 Å². The SMILES string of the molecule is CCn1cc(NC(=O)C2CCN(C(=O)CCOc3cccc(Cl)c3Cl)CC2)cn1. The van der Waals surface area contributed by atoms with Gasteiger partial charge < -0.3 is 15.0 Å². The lowest BCUT2D eigenvalue weighted by molar-refractivity contribution is -0.135. The third kappa shape index (κ3) is 5.64. The number of nitrogens with zero attached hydrogens (tertiary/aromatic N) is 3. The Morgan fingerprint density at radius 3 is 2.72 bits per heavy atom. The first kappa shape index (κ1) is 21.5. The number of carbonyl (C=O) groups excluding carboxylic acids is 2. The van der Waals surface area contributed by atoms with Crippen molar-refractivity contribution in [2.24, 2.45) is 5.92 Å². The van der Waals surface area contributed by atoms with Crippen LogP contribution in [0.3, 0.4) is 0 Å². The average Bonchev–Trinajstić information content (AvgIpc) is 3.18. The highest BCUT2D eigenvalue weighted by molar-refractivity contribution is 6.42. The van der Waals surface area contributed by atoms with Crippen LogP contribution in [0.2, 0.25) is 10.0 Å². The molecule has 0 spiro atoms. The number of anilines is 1. The van der Waals surface area contributed by atoms with Gasteiger partial charge in [-0.25, -0.2) is 0 Å². The summed E-state index contributed by atoms with van der Waals surface area (Å²) in [6.45, 7) is 4.08. The molecule has 3 rings (SSSR count). The third-order valence-corrected chi connectivity index (χ3v) is 5.73. The van der Waals surface area contributed by atoms with Crippen molar-refractivity contribution < 1.29 is 14.3 Å². The van der Waals surface area contributed by atoms with Crippen LogP contribution in [0.4, 0.5) is 5.69 Å². The van der Waals surface area contributed by atoms with E-state index in [1.807, 2.05) is 13.1 Å². The molecule has 0 bridgehead atoms. The fourth-order valence-corrected chi connectivity index (χ4v) is 3.58. The van der Waals surface area contributed by atoms with Crippen LogP contribution in [0, 0.1) is 5.92 Å². The van der Waals surface area contributed by atoms with E-state index in [0.717, 1.165) is 6.54 Å². The number of amides is 2. The van der Waals surface area contributed by atoms with E-state index in [2.05, 4.69) is 10.4 Å². The van der Waals surface area contributed by atoms with E-state index in [-0.39, 0.29) is 30.8 Å². The minimum absolute atomic E-state index is 0.00577. The molecule has 2 aromatic rings. The second-order valence-corrected chi connectivity index (χ2v) is 7.66. The van der Waals surface area contributed by atoms with E-state index in [4.69, 9.17) is 27.9 Å². The Hall–Kier alpha value is -2.25. The molecule has 1 aromatic heterocycles. The summed E-state index contributed by atoms with van der Waals surface area (Å²) in [5.41, 5.74) is 0.701. The summed E-state index contributed by atoms with van der Waals surface area (Å²) in [4.78, 5) is 26.6. The van der Waals surface area contributed by atoms with E-state index in [0.29, 0.717) is 47.4 Å². The van der Waals surface area contributed by atoms with Crippen LogP contribution in [-0.4, -0.2) is 46.2 Å². The third-order valence-electron chi connectivity index (χ3n) is 4.93. The minimum Gasteiger partial charge on any atom is -0.491 e. The lowest BCUT2D eigenvalue weighted by Crippen LogP contribution is -2.41. The van der Waals surface area contributed by atoms with Gasteiger partial charge in [-0.15, -0.1) is 0 Å². The lowest BCUT2D eigenvalue weighted by atomic mass is 9.95. The Balaban J connectivity index is 1.40. The molecule has 1 aliphatic heterocycles. The van der Waals surface area contributed by atoms with Crippen LogP contribution in [0.25, 0.3) is 0 Å². The quantitative estimate of drug-likeness (QED) is 0.711. The van der Waals surface area contributed by atoms with E-state index < -0.39 is 0 Å². The highest BCUT2D eigenvalue weighted by atomic mass is 35.5. The number of nitrogens with one attached hydrogen (secondary N) is 1. The second kappa shape index (κ2) is 9.98. The van der Waals surface area contributed by atoms with Crippen molar-refractivity contribution in [2.75, 3.05) is 25.0 Å². The van der Waals surface area contributed by atoms with Gasteiger partial charge in [-0.1, -0.05) is 29.3 Å². The highest BCUT2D eigenvalue weighted by Crippen LogP contribution is 2.31. The molecule has 0 atom stereocenters. The summed E-state index contributed by atoms with van der Waals surface area (Å²) in [6, 6.07) is 5.14. The Morgan fingerprint density at radius 2 is 2.03 bits per heavy atom. The fraction of sp³-hybridized carbons (Fsp3) is 0.450. The van der Waals surface area contributed by atoms with Crippen LogP contribution in [0.5, 0.6) is 5.75 Å². The van der Waals surface area contributed by atoms with Gasteiger partial charge in [0.2, 0.25) is 11.8 Å². The first-order valence-corrected chi connectivity index (χ1v) is 10.4. The van der Waals surface area contributed by atoms with E-state index in [9.17, 15) is 9.59 Å². The van der Waals surface area contributed by atoms with Crippen LogP contribution >= 0.6 is 23.2 Å². The summed E-state index contributed by atoms with van der Waals surface area (Å²) >= 11 is 12.0. The molecule has 7 nitrogen and oxygen atoms in total. The van der Waals surface area contributed by atoms with Gasteiger partial charge in [0.25, 0.3) is 0 Å². The Kier molecular flexibility index (Phi) is 7.39. The number of aryl methyl sites for hydroxylation is 1. The van der Waals surface area contributed by atoms with Crippen molar-refractivity contribution in [1.82, 2.24) is 14.7 Å². The predicted molar refractivity (Wildman–Crippen MR) is 112 cm³/mol. The zero-order chi connectivity index (χ0) is 20.8. The predicted octanol–water partition coefficient (Wildman–Crippen LogP) is 3.86. The molecule has 156 valence electrons. The maximum atomic E-state index is 12.4. The molecule has 1 fully saturated rings. The molecule has 9 heteroatoms. The molecule has 2 heterocycles. The van der Waals surface area contributed by atoms with Crippen LogP contribution in [-0.2, 0) is 16.1 Å².